The van der Waals surface area contributed by atoms with Crippen molar-refractivity contribution in [1.29, 1.82) is 0 Å². The van der Waals surface area contributed by atoms with Crippen molar-refractivity contribution < 1.29 is 17.9 Å². The van der Waals surface area contributed by atoms with E-state index >= 15 is 0 Å². The molecule has 1 saturated heterocycles. The van der Waals surface area contributed by atoms with Crippen molar-refractivity contribution in [3.8, 4) is 0 Å². The van der Waals surface area contributed by atoms with Gasteiger partial charge < -0.3 is 10.1 Å². The van der Waals surface area contributed by atoms with E-state index in [-0.39, 0.29) is 21.7 Å². The van der Waals surface area contributed by atoms with Gasteiger partial charge in [0.25, 0.3) is 15.9 Å². The summed E-state index contributed by atoms with van der Waals surface area (Å²) in [5.41, 5.74) is 1.50. The topological polar surface area (TPSA) is 87.7 Å². The normalized spacial score (nSPS) is 16.3. The monoisotopic (exact) mass is 465 g/mol. The fourth-order valence-electron chi connectivity index (χ4n) is 3.65. The fourth-order valence-corrected chi connectivity index (χ4v) is 6.05. The van der Waals surface area contributed by atoms with Gasteiger partial charge in [-0.3, -0.25) is 14.4 Å². The van der Waals surface area contributed by atoms with Crippen LogP contribution in [0.2, 0.25) is 0 Å². The van der Waals surface area contributed by atoms with Crippen LogP contribution >= 0.6 is 11.3 Å². The van der Waals surface area contributed by atoms with Gasteiger partial charge in [0.1, 0.15) is 9.77 Å². The third kappa shape index (κ3) is 6.52. The zero-order valence-electron chi connectivity index (χ0n) is 18.3. The number of benzene rings is 1. The summed E-state index contributed by atoms with van der Waals surface area (Å²) in [7, 11) is -3.86. The zero-order valence-corrected chi connectivity index (χ0v) is 19.9. The maximum absolute atomic E-state index is 12.9. The Morgan fingerprint density at radius 1 is 1.16 bits per heavy atom. The summed E-state index contributed by atoms with van der Waals surface area (Å²) < 4.78 is 33.8. The molecule has 0 aliphatic carbocycles. The Labute approximate surface area is 188 Å². The van der Waals surface area contributed by atoms with Gasteiger partial charge in [0, 0.05) is 31.4 Å². The number of amides is 1. The summed E-state index contributed by atoms with van der Waals surface area (Å²) in [5.74, 6) is 0.127. The highest BCUT2D eigenvalue weighted by atomic mass is 32.2. The molecule has 0 spiro atoms. The van der Waals surface area contributed by atoms with Crippen molar-refractivity contribution in [2.24, 2.45) is 5.92 Å². The molecule has 9 heteroatoms. The molecular formula is C22H31N3O4S2. The van der Waals surface area contributed by atoms with E-state index in [1.807, 2.05) is 19.1 Å². The molecule has 1 aliphatic heterocycles. The molecule has 2 N–H and O–H groups in total. The van der Waals surface area contributed by atoms with Gasteiger partial charge in [-0.15, -0.1) is 11.3 Å². The number of morpholine rings is 1. The molecule has 1 fully saturated rings. The van der Waals surface area contributed by atoms with Gasteiger partial charge in [0.15, 0.2) is 0 Å². The van der Waals surface area contributed by atoms with Gasteiger partial charge in [-0.05, 0) is 42.8 Å². The van der Waals surface area contributed by atoms with E-state index in [2.05, 4.69) is 28.8 Å². The first-order chi connectivity index (χ1) is 14.8. The van der Waals surface area contributed by atoms with Crippen LogP contribution in [0.3, 0.4) is 0 Å². The minimum Gasteiger partial charge on any atom is -0.379 e. The number of anilines is 1. The van der Waals surface area contributed by atoms with E-state index in [9.17, 15) is 13.2 Å². The molecule has 3 rings (SSSR count). The van der Waals surface area contributed by atoms with Crippen molar-refractivity contribution >= 4 is 33.0 Å². The lowest BCUT2D eigenvalue weighted by Gasteiger charge is -2.35. The summed E-state index contributed by atoms with van der Waals surface area (Å²) in [6, 6.07) is 8.75. The number of hydrogen-bond acceptors (Lipinski definition) is 6. The summed E-state index contributed by atoms with van der Waals surface area (Å²) in [6.45, 7) is 9.80. The van der Waals surface area contributed by atoms with E-state index in [1.165, 1.54) is 6.07 Å². The minimum absolute atomic E-state index is 0.00218. The van der Waals surface area contributed by atoms with Gasteiger partial charge in [-0.2, -0.15) is 0 Å². The highest BCUT2D eigenvalue weighted by Gasteiger charge is 2.26. The quantitative estimate of drug-likeness (QED) is 0.593. The van der Waals surface area contributed by atoms with Gasteiger partial charge >= 0.3 is 0 Å². The van der Waals surface area contributed by atoms with Crippen LogP contribution in [0.25, 0.3) is 0 Å². The Hall–Kier alpha value is -1.94. The molecule has 1 aromatic heterocycles. The van der Waals surface area contributed by atoms with Crippen LogP contribution in [0.1, 0.15) is 35.5 Å². The van der Waals surface area contributed by atoms with Crippen LogP contribution < -0.4 is 10.0 Å². The van der Waals surface area contributed by atoms with E-state index in [0.717, 1.165) is 36.4 Å². The average molecular weight is 466 g/mol. The smallest absolute Gasteiger partial charge is 0.263 e. The maximum atomic E-state index is 12.9. The number of nitrogens with one attached hydrogen (secondary N) is 2. The molecule has 2 aromatic rings. The van der Waals surface area contributed by atoms with E-state index < -0.39 is 10.0 Å². The Kier molecular flexibility index (Phi) is 8.10. The van der Waals surface area contributed by atoms with Crippen LogP contribution in [0, 0.1) is 12.8 Å². The molecule has 1 unspecified atom stereocenters. The lowest BCUT2D eigenvalue weighted by molar-refractivity contribution is 0.0124. The van der Waals surface area contributed by atoms with Crippen molar-refractivity contribution in [1.82, 2.24) is 10.2 Å². The second kappa shape index (κ2) is 10.6. The summed E-state index contributed by atoms with van der Waals surface area (Å²) >= 11 is 1.13. The zero-order chi connectivity index (χ0) is 22.4. The van der Waals surface area contributed by atoms with Crippen molar-refractivity contribution in [3.05, 3.63) is 46.2 Å². The third-order valence-corrected chi connectivity index (χ3v) is 7.70. The lowest BCUT2D eigenvalue weighted by atomic mass is 10.0. The number of thiophene rings is 1. The molecule has 1 amide bonds. The third-order valence-electron chi connectivity index (χ3n) is 5.23. The molecule has 1 aliphatic rings. The van der Waals surface area contributed by atoms with Crippen LogP contribution in [-0.2, 0) is 14.8 Å². The largest absolute Gasteiger partial charge is 0.379 e. The van der Waals surface area contributed by atoms with Crippen LogP contribution in [0.15, 0.2) is 40.6 Å². The molecule has 1 atom stereocenters. The summed E-state index contributed by atoms with van der Waals surface area (Å²) in [4.78, 5) is 15.5. The molecule has 1 aromatic carbocycles. The number of sulfonamides is 1. The Morgan fingerprint density at radius 3 is 2.48 bits per heavy atom. The van der Waals surface area contributed by atoms with Crippen molar-refractivity contribution in [2.75, 3.05) is 37.6 Å². The van der Waals surface area contributed by atoms with Crippen LogP contribution in [-0.4, -0.2) is 58.1 Å². The highest BCUT2D eigenvalue weighted by Crippen LogP contribution is 2.25. The molecule has 170 valence electrons. The first kappa shape index (κ1) is 23.7. The molecule has 7 nitrogen and oxygen atoms in total. The number of hydrogen-bond donors (Lipinski definition) is 2. The van der Waals surface area contributed by atoms with E-state index in [1.54, 1.807) is 17.5 Å². The van der Waals surface area contributed by atoms with Crippen molar-refractivity contribution in [2.45, 2.75) is 38.1 Å². The lowest BCUT2D eigenvalue weighted by Crippen LogP contribution is -2.49. The number of ether oxygens (including phenoxy) is 1. The Bertz CT molecular complexity index is 965. The minimum atomic E-state index is -3.86. The maximum Gasteiger partial charge on any atom is 0.263 e. The van der Waals surface area contributed by atoms with Gasteiger partial charge in [0.05, 0.1) is 13.2 Å². The number of nitrogens with zero attached hydrogens (tertiary/aromatic N) is 1. The molecule has 0 saturated carbocycles. The first-order valence-corrected chi connectivity index (χ1v) is 12.9. The molecule has 31 heavy (non-hydrogen) atoms. The molecule has 2 heterocycles. The van der Waals surface area contributed by atoms with Gasteiger partial charge in [-0.25, -0.2) is 8.42 Å². The van der Waals surface area contributed by atoms with Crippen LogP contribution in [0.5, 0.6) is 0 Å². The van der Waals surface area contributed by atoms with E-state index in [4.69, 9.17) is 4.74 Å². The Balaban J connectivity index is 1.69. The predicted octanol–water partition coefficient (Wildman–Crippen LogP) is 3.33. The predicted molar refractivity (Wildman–Crippen MR) is 124 cm³/mol. The number of aryl methyl sites for hydroxylation is 1. The van der Waals surface area contributed by atoms with E-state index in [0.29, 0.717) is 31.4 Å². The Morgan fingerprint density at radius 2 is 1.84 bits per heavy atom. The molecule has 0 bridgehead atoms. The molecular weight excluding hydrogens is 434 g/mol. The second-order valence-electron chi connectivity index (χ2n) is 8.23. The van der Waals surface area contributed by atoms with Gasteiger partial charge in [-0.1, -0.05) is 31.5 Å². The van der Waals surface area contributed by atoms with Crippen LogP contribution in [0.4, 0.5) is 5.69 Å². The van der Waals surface area contributed by atoms with Crippen molar-refractivity contribution in [3.63, 3.8) is 0 Å². The second-order valence-corrected chi connectivity index (χ2v) is 10.8. The fraction of sp³-hybridized carbons (Fsp3) is 0.500. The average Bonchev–Trinajstić information content (AvgIpc) is 3.24. The SMILES string of the molecule is Cc1ccc(NS(=O)(=O)c2ccsc2C(=O)NCC(CC(C)C)N2CCOCC2)cc1. The first-order valence-electron chi connectivity index (χ1n) is 10.5. The molecule has 0 radical (unpaired) electrons. The number of rotatable bonds is 9. The number of carbonyl (C=O) groups is 1. The number of carbonyl (C=O) groups excluding carboxylic acids is 1. The summed E-state index contributed by atoms with van der Waals surface area (Å²) in [5, 5.41) is 4.60. The van der Waals surface area contributed by atoms with Gasteiger partial charge in [0.2, 0.25) is 0 Å². The highest BCUT2D eigenvalue weighted by molar-refractivity contribution is 7.93. The summed E-state index contributed by atoms with van der Waals surface area (Å²) in [6.07, 6.45) is 0.949. The standard InChI is InChI=1S/C22H31N3O4S2/c1-16(2)14-19(25-9-11-29-12-10-25)15-23-22(26)21-20(8-13-30-21)31(27,28)24-18-6-4-17(3)5-7-18/h4-8,13,16,19,24H,9-12,14-15H2,1-3H3,(H,23,26).